The minimum absolute atomic E-state index is 0.0527. The van der Waals surface area contributed by atoms with Crippen LogP contribution in [0.4, 0.5) is 0 Å². The van der Waals surface area contributed by atoms with Crippen molar-refractivity contribution < 1.29 is 22.3 Å². The average molecular weight is 245 g/mol. The van der Waals surface area contributed by atoms with Crippen LogP contribution in [0, 0.1) is 0 Å². The number of hydrogen-bond acceptors (Lipinski definition) is 3. The first-order chi connectivity index (χ1) is 7.41. The van der Waals surface area contributed by atoms with Gasteiger partial charge in [0.25, 0.3) is 5.37 Å². The van der Waals surface area contributed by atoms with Crippen LogP contribution in [0.1, 0.15) is 18.2 Å². The van der Waals surface area contributed by atoms with Crippen molar-refractivity contribution in [3.8, 4) is 0 Å². The summed E-state index contributed by atoms with van der Waals surface area (Å²) in [7, 11) is -4.26. The number of primary amides is 1. The summed E-state index contributed by atoms with van der Waals surface area (Å²) in [4.78, 5) is 10.6. The van der Waals surface area contributed by atoms with E-state index in [1.165, 1.54) is 17.0 Å². The highest BCUT2D eigenvalue weighted by Crippen LogP contribution is 2.12. The highest BCUT2D eigenvalue weighted by molar-refractivity contribution is 7.85. The summed E-state index contributed by atoms with van der Waals surface area (Å²) in [6.07, 6.45) is 2.84. The molecule has 88 valence electrons. The Hall–Kier alpha value is -1.47. The first-order valence-corrected chi connectivity index (χ1v) is 6.12. The van der Waals surface area contributed by atoms with Crippen LogP contribution in [-0.4, -0.2) is 18.9 Å². The minimum Gasteiger partial charge on any atom is -0.370 e. The minimum atomic E-state index is -4.26. The van der Waals surface area contributed by atoms with E-state index in [1.807, 2.05) is 0 Å². The van der Waals surface area contributed by atoms with Crippen LogP contribution in [0.5, 0.6) is 0 Å². The molecule has 1 heterocycles. The Labute approximate surface area is 93.5 Å². The van der Waals surface area contributed by atoms with Crippen molar-refractivity contribution in [2.24, 2.45) is 5.73 Å². The van der Waals surface area contributed by atoms with Crippen LogP contribution >= 0.6 is 0 Å². The average Bonchev–Trinajstić information content (AvgIpc) is 2.17. The summed E-state index contributed by atoms with van der Waals surface area (Å²) in [5, 5.41) is -1.18. The van der Waals surface area contributed by atoms with Gasteiger partial charge in [-0.3, -0.25) is 9.35 Å². The first kappa shape index (κ1) is 12.6. The van der Waals surface area contributed by atoms with Gasteiger partial charge >= 0.3 is 10.1 Å². The van der Waals surface area contributed by atoms with Gasteiger partial charge < -0.3 is 5.73 Å². The number of nitrogens with two attached hydrogens (primary N) is 1. The zero-order valence-corrected chi connectivity index (χ0v) is 9.30. The third-order valence-corrected chi connectivity index (χ3v) is 3.22. The van der Waals surface area contributed by atoms with Gasteiger partial charge in [-0.05, 0) is 0 Å². The third kappa shape index (κ3) is 3.59. The highest BCUT2D eigenvalue weighted by Gasteiger charge is 2.31. The summed E-state index contributed by atoms with van der Waals surface area (Å²) >= 11 is 0. The number of carbonyl (C=O) groups excluding carboxylic acids is 1. The molecule has 0 aromatic carbocycles. The molecule has 0 saturated heterocycles. The Kier molecular flexibility index (Phi) is 3.97. The lowest BCUT2D eigenvalue weighted by molar-refractivity contribution is -0.702. The monoisotopic (exact) mass is 245 g/mol. The van der Waals surface area contributed by atoms with Crippen LogP contribution in [0.25, 0.3) is 0 Å². The summed E-state index contributed by atoms with van der Waals surface area (Å²) in [5.41, 5.74) is 4.94. The molecule has 1 rings (SSSR count). The van der Waals surface area contributed by atoms with E-state index >= 15 is 0 Å². The fourth-order valence-corrected chi connectivity index (χ4v) is 2.19. The van der Waals surface area contributed by atoms with Gasteiger partial charge in [-0.1, -0.05) is 6.07 Å². The number of hydrogen-bond donors (Lipinski definition) is 2. The molecule has 1 amide bonds. The molecule has 0 aliphatic heterocycles. The van der Waals surface area contributed by atoms with Crippen molar-refractivity contribution in [2.45, 2.75) is 18.2 Å². The molecular formula is C9H13N2O4S+. The fraction of sp³-hybridized carbons (Fsp3) is 0.333. The SMILES string of the molecule is NC(=O)CCC([n+]1ccccc1)S(=O)(=O)O. The number of pyridine rings is 1. The number of rotatable bonds is 5. The van der Waals surface area contributed by atoms with Crippen LogP contribution in [0.15, 0.2) is 30.6 Å². The summed E-state index contributed by atoms with van der Waals surface area (Å²) < 4.78 is 32.6. The lowest BCUT2D eigenvalue weighted by Gasteiger charge is -2.07. The fourth-order valence-electron chi connectivity index (χ4n) is 1.32. The zero-order valence-electron chi connectivity index (χ0n) is 8.48. The van der Waals surface area contributed by atoms with Crippen LogP contribution in [0.3, 0.4) is 0 Å². The molecule has 0 bridgehead atoms. The Morgan fingerprint density at radius 3 is 2.31 bits per heavy atom. The lowest BCUT2D eigenvalue weighted by Crippen LogP contribution is -2.43. The summed E-state index contributed by atoms with van der Waals surface area (Å²) in [5.74, 6) is -0.606. The van der Waals surface area contributed by atoms with Gasteiger partial charge in [-0.15, -0.1) is 0 Å². The van der Waals surface area contributed by atoms with Crippen molar-refractivity contribution in [3.63, 3.8) is 0 Å². The van der Waals surface area contributed by atoms with Crippen molar-refractivity contribution in [1.29, 1.82) is 0 Å². The molecule has 0 saturated carbocycles. The molecule has 6 nitrogen and oxygen atoms in total. The molecule has 1 aromatic heterocycles. The van der Waals surface area contributed by atoms with Crippen molar-refractivity contribution in [1.82, 2.24) is 0 Å². The highest BCUT2D eigenvalue weighted by atomic mass is 32.2. The number of nitrogens with zero attached hydrogens (tertiary/aromatic N) is 1. The maximum absolute atomic E-state index is 11.1. The number of carbonyl (C=O) groups is 1. The molecule has 0 spiro atoms. The molecule has 1 unspecified atom stereocenters. The number of aromatic nitrogens is 1. The maximum atomic E-state index is 11.1. The second-order valence-corrected chi connectivity index (χ2v) is 4.87. The van der Waals surface area contributed by atoms with E-state index in [0.29, 0.717) is 0 Å². The Bertz CT molecular complexity index is 458. The Morgan fingerprint density at radius 2 is 1.88 bits per heavy atom. The quantitative estimate of drug-likeness (QED) is 0.545. The van der Waals surface area contributed by atoms with Gasteiger partial charge in [0.05, 0.1) is 0 Å². The van der Waals surface area contributed by atoms with Gasteiger partial charge in [-0.2, -0.15) is 13.0 Å². The molecule has 0 radical (unpaired) electrons. The van der Waals surface area contributed by atoms with Crippen LogP contribution in [0.2, 0.25) is 0 Å². The van der Waals surface area contributed by atoms with Crippen LogP contribution in [-0.2, 0) is 14.9 Å². The number of amides is 1. The van der Waals surface area contributed by atoms with Crippen molar-refractivity contribution in [3.05, 3.63) is 30.6 Å². The summed E-state index contributed by atoms with van der Waals surface area (Å²) in [6, 6.07) is 4.97. The summed E-state index contributed by atoms with van der Waals surface area (Å²) in [6.45, 7) is 0. The third-order valence-electron chi connectivity index (χ3n) is 2.05. The van der Waals surface area contributed by atoms with E-state index in [1.54, 1.807) is 18.2 Å². The van der Waals surface area contributed by atoms with E-state index in [9.17, 15) is 13.2 Å². The van der Waals surface area contributed by atoms with Gasteiger partial charge in [0, 0.05) is 25.0 Å². The topological polar surface area (TPSA) is 101 Å². The van der Waals surface area contributed by atoms with E-state index < -0.39 is 21.4 Å². The molecule has 0 aliphatic carbocycles. The van der Waals surface area contributed by atoms with E-state index in [0.717, 1.165) is 0 Å². The molecule has 1 atom stereocenters. The maximum Gasteiger partial charge on any atom is 0.329 e. The molecule has 3 N–H and O–H groups in total. The van der Waals surface area contributed by atoms with E-state index in [4.69, 9.17) is 10.3 Å². The van der Waals surface area contributed by atoms with Gasteiger partial charge in [0.2, 0.25) is 5.91 Å². The predicted molar refractivity (Wildman–Crippen MR) is 55.7 cm³/mol. The largest absolute Gasteiger partial charge is 0.370 e. The first-order valence-electron chi connectivity index (χ1n) is 4.61. The zero-order chi connectivity index (χ0) is 12.2. The molecule has 0 fully saturated rings. The Morgan fingerprint density at radius 1 is 1.31 bits per heavy atom. The molecule has 7 heteroatoms. The Balaban J connectivity index is 2.94. The molecule has 0 aliphatic rings. The van der Waals surface area contributed by atoms with E-state index in [2.05, 4.69) is 0 Å². The normalized spacial score (nSPS) is 13.3. The smallest absolute Gasteiger partial charge is 0.329 e. The lowest BCUT2D eigenvalue weighted by atomic mass is 10.3. The van der Waals surface area contributed by atoms with Crippen LogP contribution < -0.4 is 10.3 Å². The molecular weight excluding hydrogens is 232 g/mol. The second kappa shape index (κ2) is 5.04. The standard InChI is InChI=1S/C9H12N2O4S/c10-8(12)4-5-9(16(13,14)15)11-6-2-1-3-7-11/h1-3,6-7,9H,4-5H2,(H2-,10,12,13,14,15)/p+1. The molecule has 1 aromatic rings. The van der Waals surface area contributed by atoms with Crippen molar-refractivity contribution >= 4 is 16.0 Å². The van der Waals surface area contributed by atoms with Gasteiger partial charge in [0.1, 0.15) is 0 Å². The molecule has 16 heavy (non-hydrogen) atoms. The van der Waals surface area contributed by atoms with Crippen molar-refractivity contribution in [2.75, 3.05) is 0 Å². The van der Waals surface area contributed by atoms with Gasteiger partial charge in [-0.25, -0.2) is 0 Å². The predicted octanol–water partition coefficient (Wildman–Crippen LogP) is -0.374. The van der Waals surface area contributed by atoms with Gasteiger partial charge in [0.15, 0.2) is 12.4 Å². The second-order valence-electron chi connectivity index (χ2n) is 3.30. The van der Waals surface area contributed by atoms with E-state index in [-0.39, 0.29) is 12.8 Å².